The first-order valence-corrected chi connectivity index (χ1v) is 8.06. The molecular weight excluding hydrogens is 254 g/mol. The van der Waals surface area contributed by atoms with Crippen LogP contribution in [-0.4, -0.2) is 20.3 Å². The molecule has 0 atom stereocenters. The van der Waals surface area contributed by atoms with Gasteiger partial charge >= 0.3 is 0 Å². The molecule has 0 saturated heterocycles. The number of ether oxygens (including phenoxy) is 1. The first-order chi connectivity index (χ1) is 8.95. The number of rotatable bonds is 7. The predicted octanol–water partition coefficient (Wildman–Crippen LogP) is 3.95. The first-order valence-electron chi connectivity index (χ1n) is 7.24. The van der Waals surface area contributed by atoms with Crippen LogP contribution in [0.15, 0.2) is 12.1 Å². The second-order valence-electron chi connectivity index (χ2n) is 6.86. The number of nitrogens with one attached hydrogen (secondary N) is 1. The van der Waals surface area contributed by atoms with Gasteiger partial charge in [-0.1, -0.05) is 20.8 Å². The molecule has 1 N–H and O–H groups in total. The molecule has 3 heteroatoms. The largest absolute Gasteiger partial charge is 0.385 e. The van der Waals surface area contributed by atoms with Crippen molar-refractivity contribution in [3.8, 4) is 0 Å². The number of hydrogen-bond donors (Lipinski definition) is 1. The van der Waals surface area contributed by atoms with E-state index in [9.17, 15) is 0 Å². The maximum Gasteiger partial charge on any atom is 0.0468 e. The van der Waals surface area contributed by atoms with Gasteiger partial charge in [-0.05, 0) is 42.2 Å². The van der Waals surface area contributed by atoms with E-state index in [1.807, 2.05) is 11.3 Å². The van der Waals surface area contributed by atoms with E-state index in [1.165, 1.54) is 29.0 Å². The molecule has 1 saturated carbocycles. The van der Waals surface area contributed by atoms with Gasteiger partial charge in [-0.25, -0.2) is 0 Å². The zero-order valence-corrected chi connectivity index (χ0v) is 13.5. The van der Waals surface area contributed by atoms with Crippen molar-refractivity contribution < 1.29 is 4.74 Å². The van der Waals surface area contributed by atoms with Crippen LogP contribution >= 0.6 is 11.3 Å². The van der Waals surface area contributed by atoms with Gasteiger partial charge in [-0.2, -0.15) is 0 Å². The quantitative estimate of drug-likeness (QED) is 0.817. The number of methoxy groups -OCH3 is 1. The van der Waals surface area contributed by atoms with Crippen molar-refractivity contribution in [2.75, 3.05) is 20.3 Å². The summed E-state index contributed by atoms with van der Waals surface area (Å²) >= 11 is 1.94. The SMILES string of the molecule is COCCC1(CNCc2ccc(C(C)(C)C)s2)CC1. The highest BCUT2D eigenvalue weighted by molar-refractivity contribution is 7.12. The summed E-state index contributed by atoms with van der Waals surface area (Å²) in [4.78, 5) is 2.93. The molecule has 1 heterocycles. The Morgan fingerprint density at radius 3 is 2.58 bits per heavy atom. The fourth-order valence-electron chi connectivity index (χ4n) is 2.34. The fraction of sp³-hybridized carbons (Fsp3) is 0.750. The van der Waals surface area contributed by atoms with Crippen LogP contribution in [0.1, 0.15) is 49.8 Å². The zero-order chi connectivity index (χ0) is 13.9. The van der Waals surface area contributed by atoms with Gasteiger partial charge in [0.15, 0.2) is 0 Å². The van der Waals surface area contributed by atoms with Gasteiger partial charge < -0.3 is 10.1 Å². The minimum atomic E-state index is 0.277. The average molecular weight is 281 g/mol. The van der Waals surface area contributed by atoms with Crippen molar-refractivity contribution >= 4 is 11.3 Å². The smallest absolute Gasteiger partial charge is 0.0468 e. The van der Waals surface area contributed by atoms with E-state index in [2.05, 4.69) is 38.2 Å². The molecule has 0 bridgehead atoms. The second-order valence-corrected chi connectivity index (χ2v) is 8.03. The summed E-state index contributed by atoms with van der Waals surface area (Å²) in [6.45, 7) is 9.88. The standard InChI is InChI=1S/C16H27NOS/c1-15(2,3)14-6-5-13(19-14)11-17-12-16(7-8-16)9-10-18-4/h5-6,17H,7-12H2,1-4H3. The summed E-state index contributed by atoms with van der Waals surface area (Å²) in [5.41, 5.74) is 0.819. The predicted molar refractivity (Wildman–Crippen MR) is 82.9 cm³/mol. The van der Waals surface area contributed by atoms with Crippen LogP contribution in [0.2, 0.25) is 0 Å². The summed E-state index contributed by atoms with van der Waals surface area (Å²) in [7, 11) is 1.79. The topological polar surface area (TPSA) is 21.3 Å². The van der Waals surface area contributed by atoms with E-state index in [1.54, 1.807) is 7.11 Å². The molecule has 108 valence electrons. The van der Waals surface area contributed by atoms with Crippen LogP contribution < -0.4 is 5.32 Å². The Labute approximate surface area is 121 Å². The molecule has 2 rings (SSSR count). The van der Waals surface area contributed by atoms with Crippen LogP contribution in [0.25, 0.3) is 0 Å². The maximum atomic E-state index is 5.20. The first kappa shape index (κ1) is 15.0. The zero-order valence-electron chi connectivity index (χ0n) is 12.7. The van der Waals surface area contributed by atoms with Gasteiger partial charge in [-0.3, -0.25) is 0 Å². The van der Waals surface area contributed by atoms with Gasteiger partial charge in [0.2, 0.25) is 0 Å². The van der Waals surface area contributed by atoms with Gasteiger partial charge in [0.25, 0.3) is 0 Å². The molecule has 0 radical (unpaired) electrons. The fourth-order valence-corrected chi connectivity index (χ4v) is 3.37. The third-order valence-corrected chi connectivity index (χ3v) is 5.50. The highest BCUT2D eigenvalue weighted by Gasteiger charge is 2.41. The lowest BCUT2D eigenvalue weighted by Crippen LogP contribution is -2.24. The molecule has 1 aromatic heterocycles. The highest BCUT2D eigenvalue weighted by atomic mass is 32.1. The Morgan fingerprint density at radius 2 is 2.05 bits per heavy atom. The van der Waals surface area contributed by atoms with Crippen molar-refractivity contribution in [2.24, 2.45) is 5.41 Å². The minimum Gasteiger partial charge on any atom is -0.385 e. The summed E-state index contributed by atoms with van der Waals surface area (Å²) in [6, 6.07) is 4.55. The van der Waals surface area contributed by atoms with Gasteiger partial charge in [0, 0.05) is 36.6 Å². The van der Waals surface area contributed by atoms with Crippen LogP contribution in [-0.2, 0) is 16.7 Å². The van der Waals surface area contributed by atoms with Crippen molar-refractivity contribution in [1.82, 2.24) is 5.32 Å². The van der Waals surface area contributed by atoms with Gasteiger partial charge in [0.05, 0.1) is 0 Å². The highest BCUT2D eigenvalue weighted by Crippen LogP contribution is 2.48. The summed E-state index contributed by atoms with van der Waals surface area (Å²) in [5, 5.41) is 3.63. The number of thiophene rings is 1. The van der Waals surface area contributed by atoms with Crippen molar-refractivity contribution in [2.45, 2.75) is 52.0 Å². The van der Waals surface area contributed by atoms with Crippen LogP contribution in [0.3, 0.4) is 0 Å². The van der Waals surface area contributed by atoms with Crippen molar-refractivity contribution in [1.29, 1.82) is 0 Å². The van der Waals surface area contributed by atoms with Crippen LogP contribution in [0, 0.1) is 5.41 Å². The minimum absolute atomic E-state index is 0.277. The lowest BCUT2D eigenvalue weighted by atomic mass is 9.95. The number of hydrogen-bond acceptors (Lipinski definition) is 3. The Kier molecular flexibility index (Phi) is 4.70. The van der Waals surface area contributed by atoms with Crippen LogP contribution in [0.4, 0.5) is 0 Å². The Morgan fingerprint density at radius 1 is 1.32 bits per heavy atom. The molecule has 1 fully saturated rings. The van der Waals surface area contributed by atoms with Gasteiger partial charge in [0.1, 0.15) is 0 Å². The van der Waals surface area contributed by atoms with E-state index in [-0.39, 0.29) is 5.41 Å². The normalized spacial score (nSPS) is 17.7. The molecule has 0 amide bonds. The molecule has 1 aliphatic carbocycles. The summed E-state index contributed by atoms with van der Waals surface area (Å²) < 4.78 is 5.20. The third-order valence-electron chi connectivity index (χ3n) is 3.99. The average Bonchev–Trinajstić information content (AvgIpc) is 2.92. The Bertz CT molecular complexity index is 401. The van der Waals surface area contributed by atoms with E-state index in [0.717, 1.165) is 19.7 Å². The third kappa shape index (κ3) is 4.30. The lowest BCUT2D eigenvalue weighted by Gasteiger charge is -2.16. The molecule has 2 nitrogen and oxygen atoms in total. The second kappa shape index (κ2) is 5.94. The molecule has 1 aliphatic rings. The van der Waals surface area contributed by atoms with Crippen LogP contribution in [0.5, 0.6) is 0 Å². The van der Waals surface area contributed by atoms with Gasteiger partial charge in [-0.15, -0.1) is 11.3 Å². The molecule has 1 aromatic rings. The van der Waals surface area contributed by atoms with E-state index >= 15 is 0 Å². The van der Waals surface area contributed by atoms with Crippen molar-refractivity contribution in [3.05, 3.63) is 21.9 Å². The molecule has 0 aliphatic heterocycles. The Balaban J connectivity index is 1.76. The summed E-state index contributed by atoms with van der Waals surface area (Å²) in [6.07, 6.45) is 3.93. The molecule has 19 heavy (non-hydrogen) atoms. The lowest BCUT2D eigenvalue weighted by molar-refractivity contribution is 0.171. The maximum absolute atomic E-state index is 5.20. The molecule has 0 aromatic carbocycles. The molecular formula is C16H27NOS. The Hall–Kier alpha value is -0.380. The van der Waals surface area contributed by atoms with E-state index in [4.69, 9.17) is 4.74 Å². The monoisotopic (exact) mass is 281 g/mol. The molecule has 0 spiro atoms. The van der Waals surface area contributed by atoms with E-state index in [0.29, 0.717) is 5.41 Å². The van der Waals surface area contributed by atoms with Crippen molar-refractivity contribution in [3.63, 3.8) is 0 Å². The van der Waals surface area contributed by atoms with E-state index < -0.39 is 0 Å². The summed E-state index contributed by atoms with van der Waals surface area (Å²) in [5.74, 6) is 0. The molecule has 0 unspecified atom stereocenters.